The molecule has 0 aromatic carbocycles. The second-order valence-electron chi connectivity index (χ2n) is 6.91. The molecule has 122 valence electrons. The molecular formula is C15H28O4SSi. The molecule has 0 heterocycles. The Kier molecular flexibility index (Phi) is 9.13. The molecule has 0 bridgehead atoms. The van der Waals surface area contributed by atoms with E-state index >= 15 is 0 Å². The first-order valence-corrected chi connectivity index (χ1v) is 12.0. The van der Waals surface area contributed by atoms with Crippen LogP contribution in [-0.2, 0) is 19.1 Å². The van der Waals surface area contributed by atoms with Crippen molar-refractivity contribution in [1.29, 1.82) is 0 Å². The van der Waals surface area contributed by atoms with Gasteiger partial charge in [0.15, 0.2) is 10.9 Å². The Morgan fingerprint density at radius 2 is 1.71 bits per heavy atom. The molecule has 0 spiro atoms. The van der Waals surface area contributed by atoms with Gasteiger partial charge in [-0.15, -0.1) is 0 Å². The number of ketones is 1. The molecule has 0 saturated heterocycles. The minimum Gasteiger partial charge on any atom is -0.465 e. The van der Waals surface area contributed by atoms with Crippen LogP contribution in [-0.4, -0.2) is 37.3 Å². The number of Topliss-reactive ketones (excluding diaryl/α,β-unsaturated/α-hetero) is 1. The third-order valence-corrected chi connectivity index (χ3v) is 5.43. The summed E-state index contributed by atoms with van der Waals surface area (Å²) in [4.78, 5) is 35.2. The van der Waals surface area contributed by atoms with E-state index in [-0.39, 0.29) is 22.6 Å². The Balaban J connectivity index is 4.55. The largest absolute Gasteiger partial charge is 0.465 e. The van der Waals surface area contributed by atoms with Gasteiger partial charge in [0.1, 0.15) is 5.92 Å². The van der Waals surface area contributed by atoms with Crippen molar-refractivity contribution >= 4 is 36.7 Å². The molecule has 6 heteroatoms. The molecule has 4 nitrogen and oxygen atoms in total. The Morgan fingerprint density at radius 1 is 1.14 bits per heavy atom. The lowest BCUT2D eigenvalue weighted by molar-refractivity contribution is -0.151. The second kappa shape index (κ2) is 9.41. The molecular weight excluding hydrogens is 304 g/mol. The summed E-state index contributed by atoms with van der Waals surface area (Å²) >= 11 is 0.951. The standard InChI is InChI=1S/C15H28O4SSi/c1-11(2)9-13(14(17)10-20-12(3)16)15(18)19-7-8-21(4,5)6/h11,13H,7-10H2,1-6H3. The zero-order valence-electron chi connectivity index (χ0n) is 14.0. The van der Waals surface area contributed by atoms with E-state index in [0.717, 1.165) is 17.8 Å². The van der Waals surface area contributed by atoms with Crippen LogP contribution in [0.2, 0.25) is 25.7 Å². The van der Waals surface area contributed by atoms with Crippen molar-refractivity contribution in [3.8, 4) is 0 Å². The molecule has 21 heavy (non-hydrogen) atoms. The molecule has 0 radical (unpaired) electrons. The van der Waals surface area contributed by atoms with Crippen molar-refractivity contribution in [1.82, 2.24) is 0 Å². The molecule has 0 aliphatic carbocycles. The van der Waals surface area contributed by atoms with Gasteiger partial charge in [-0.05, 0) is 18.4 Å². The fourth-order valence-corrected chi connectivity index (χ4v) is 2.92. The topological polar surface area (TPSA) is 60.4 Å². The highest BCUT2D eigenvalue weighted by atomic mass is 32.2. The zero-order valence-corrected chi connectivity index (χ0v) is 15.8. The van der Waals surface area contributed by atoms with Crippen molar-refractivity contribution in [2.75, 3.05) is 12.4 Å². The molecule has 0 amide bonds. The van der Waals surface area contributed by atoms with Crippen LogP contribution in [0.5, 0.6) is 0 Å². The van der Waals surface area contributed by atoms with E-state index < -0.39 is 20.0 Å². The number of hydrogen-bond acceptors (Lipinski definition) is 5. The minimum atomic E-state index is -1.26. The number of carbonyl (C=O) groups is 3. The predicted molar refractivity (Wildman–Crippen MR) is 90.2 cm³/mol. The minimum absolute atomic E-state index is 0.0514. The molecule has 0 aromatic heterocycles. The van der Waals surface area contributed by atoms with Crippen LogP contribution in [0.15, 0.2) is 0 Å². The highest BCUT2D eigenvalue weighted by molar-refractivity contribution is 8.14. The van der Waals surface area contributed by atoms with Gasteiger partial charge in [-0.3, -0.25) is 14.4 Å². The van der Waals surface area contributed by atoms with Crippen molar-refractivity contribution < 1.29 is 19.1 Å². The lowest BCUT2D eigenvalue weighted by atomic mass is 9.94. The number of hydrogen-bond donors (Lipinski definition) is 0. The first-order chi connectivity index (χ1) is 9.53. The molecule has 0 aromatic rings. The van der Waals surface area contributed by atoms with Crippen LogP contribution in [0, 0.1) is 11.8 Å². The van der Waals surface area contributed by atoms with Crippen molar-refractivity contribution in [3.63, 3.8) is 0 Å². The number of ether oxygens (including phenoxy) is 1. The maximum atomic E-state index is 12.1. The summed E-state index contributed by atoms with van der Waals surface area (Å²) in [5.41, 5.74) is 0. The van der Waals surface area contributed by atoms with Crippen molar-refractivity contribution in [2.45, 2.75) is 52.9 Å². The van der Waals surface area contributed by atoms with Gasteiger partial charge in [-0.1, -0.05) is 45.3 Å². The van der Waals surface area contributed by atoms with Crippen LogP contribution in [0.3, 0.4) is 0 Å². The summed E-state index contributed by atoms with van der Waals surface area (Å²) in [6.45, 7) is 12.4. The van der Waals surface area contributed by atoms with Crippen molar-refractivity contribution in [2.24, 2.45) is 11.8 Å². The van der Waals surface area contributed by atoms with Crippen LogP contribution < -0.4 is 0 Å². The van der Waals surface area contributed by atoms with E-state index in [9.17, 15) is 14.4 Å². The molecule has 0 aliphatic rings. The van der Waals surface area contributed by atoms with Gasteiger partial charge in [0.05, 0.1) is 12.4 Å². The van der Waals surface area contributed by atoms with Gasteiger partial charge in [-0.25, -0.2) is 0 Å². The van der Waals surface area contributed by atoms with Crippen LogP contribution in [0.25, 0.3) is 0 Å². The number of carbonyl (C=O) groups excluding carboxylic acids is 3. The third kappa shape index (κ3) is 10.7. The molecule has 1 unspecified atom stereocenters. The molecule has 0 saturated carbocycles. The van der Waals surface area contributed by atoms with E-state index in [4.69, 9.17) is 4.74 Å². The average Bonchev–Trinajstić information content (AvgIpc) is 2.30. The number of thioether (sulfide) groups is 1. The normalized spacial score (nSPS) is 13.1. The maximum absolute atomic E-state index is 12.1. The summed E-state index contributed by atoms with van der Waals surface area (Å²) in [7, 11) is -1.26. The molecule has 0 rings (SSSR count). The average molecular weight is 333 g/mol. The maximum Gasteiger partial charge on any atom is 0.316 e. The Labute approximate surface area is 133 Å². The molecule has 1 atom stereocenters. The number of esters is 1. The fraction of sp³-hybridized carbons (Fsp3) is 0.800. The fourth-order valence-electron chi connectivity index (χ4n) is 1.66. The molecule has 0 fully saturated rings. The summed E-state index contributed by atoms with van der Waals surface area (Å²) in [5, 5.41) is -0.112. The monoisotopic (exact) mass is 332 g/mol. The summed E-state index contributed by atoms with van der Waals surface area (Å²) < 4.78 is 5.29. The van der Waals surface area contributed by atoms with Crippen LogP contribution in [0.4, 0.5) is 0 Å². The van der Waals surface area contributed by atoms with Gasteiger partial charge in [0, 0.05) is 15.0 Å². The van der Waals surface area contributed by atoms with Gasteiger partial charge < -0.3 is 4.74 Å². The van der Waals surface area contributed by atoms with E-state index in [2.05, 4.69) is 19.6 Å². The lowest BCUT2D eigenvalue weighted by Crippen LogP contribution is -2.31. The van der Waals surface area contributed by atoms with Gasteiger partial charge in [0.25, 0.3) is 0 Å². The Hall–Kier alpha value is -0.623. The third-order valence-electron chi connectivity index (χ3n) is 2.89. The van der Waals surface area contributed by atoms with E-state index in [1.54, 1.807) is 0 Å². The van der Waals surface area contributed by atoms with Crippen LogP contribution in [0.1, 0.15) is 27.2 Å². The Morgan fingerprint density at radius 3 is 2.14 bits per heavy atom. The smallest absolute Gasteiger partial charge is 0.316 e. The Bertz CT molecular complexity index is 374. The summed E-state index contributed by atoms with van der Waals surface area (Å²) in [6, 6.07) is 0.892. The number of rotatable bonds is 9. The second-order valence-corrected chi connectivity index (χ2v) is 13.7. The van der Waals surface area contributed by atoms with Gasteiger partial charge in [0.2, 0.25) is 0 Å². The van der Waals surface area contributed by atoms with Crippen molar-refractivity contribution in [3.05, 3.63) is 0 Å². The lowest BCUT2D eigenvalue weighted by Gasteiger charge is -2.19. The van der Waals surface area contributed by atoms with E-state index in [0.29, 0.717) is 13.0 Å². The zero-order chi connectivity index (χ0) is 16.6. The van der Waals surface area contributed by atoms with E-state index in [1.165, 1.54) is 6.92 Å². The molecule has 0 aliphatic heterocycles. The highest BCUT2D eigenvalue weighted by Gasteiger charge is 2.29. The van der Waals surface area contributed by atoms with Crippen LogP contribution >= 0.6 is 11.8 Å². The quantitative estimate of drug-likeness (QED) is 0.368. The molecule has 0 N–H and O–H groups in total. The van der Waals surface area contributed by atoms with E-state index in [1.807, 2.05) is 13.8 Å². The SMILES string of the molecule is CC(=O)SCC(=O)C(CC(C)C)C(=O)OCC[Si](C)(C)C. The summed E-state index contributed by atoms with van der Waals surface area (Å²) in [6.07, 6.45) is 0.475. The van der Waals surface area contributed by atoms with Gasteiger partial charge >= 0.3 is 5.97 Å². The van der Waals surface area contributed by atoms with Gasteiger partial charge in [-0.2, -0.15) is 0 Å². The predicted octanol–water partition coefficient (Wildman–Crippen LogP) is 3.38. The first kappa shape index (κ1) is 20.4. The highest BCUT2D eigenvalue weighted by Crippen LogP contribution is 2.18. The summed E-state index contributed by atoms with van der Waals surface area (Å²) in [5.74, 6) is -1.10. The first-order valence-electron chi connectivity index (χ1n) is 7.35.